The van der Waals surface area contributed by atoms with Crippen molar-refractivity contribution in [2.24, 2.45) is 5.92 Å². The molecule has 0 spiro atoms. The monoisotopic (exact) mass is 303 g/mol. The fourth-order valence-corrected chi connectivity index (χ4v) is 2.28. The molecule has 21 heavy (non-hydrogen) atoms. The molecule has 0 radical (unpaired) electrons. The van der Waals surface area contributed by atoms with E-state index in [-0.39, 0.29) is 0 Å². The van der Waals surface area contributed by atoms with E-state index in [4.69, 9.17) is 18.9 Å². The van der Waals surface area contributed by atoms with Gasteiger partial charge in [-0.2, -0.15) is 0 Å². The summed E-state index contributed by atoms with van der Waals surface area (Å²) in [5, 5.41) is 3.37. The van der Waals surface area contributed by atoms with Crippen molar-refractivity contribution in [1.29, 1.82) is 0 Å². The van der Waals surface area contributed by atoms with Crippen LogP contribution in [-0.2, 0) is 18.9 Å². The van der Waals surface area contributed by atoms with Gasteiger partial charge in [-0.3, -0.25) is 0 Å². The first kappa shape index (κ1) is 18.8. The molecule has 2 unspecified atom stereocenters. The van der Waals surface area contributed by atoms with Gasteiger partial charge in [0.1, 0.15) is 0 Å². The fourth-order valence-electron chi connectivity index (χ4n) is 2.28. The molecular formula is C16H33NO4. The Morgan fingerprint density at radius 3 is 2.14 bits per heavy atom. The number of rotatable bonds is 13. The van der Waals surface area contributed by atoms with Gasteiger partial charge >= 0.3 is 0 Å². The summed E-state index contributed by atoms with van der Waals surface area (Å²) in [4.78, 5) is 0. The third-order valence-corrected chi connectivity index (χ3v) is 3.65. The minimum Gasteiger partial charge on any atom is -0.379 e. The van der Waals surface area contributed by atoms with Crippen LogP contribution in [0.2, 0.25) is 0 Å². The van der Waals surface area contributed by atoms with Crippen LogP contribution in [0.5, 0.6) is 0 Å². The molecule has 0 amide bonds. The quantitative estimate of drug-likeness (QED) is 0.526. The SMILES string of the molecule is CCCCOCCOCCOCCOC1CCNCC1C. The van der Waals surface area contributed by atoms with Crippen molar-refractivity contribution in [1.82, 2.24) is 5.32 Å². The summed E-state index contributed by atoms with van der Waals surface area (Å²) in [6, 6.07) is 0. The first-order valence-electron chi connectivity index (χ1n) is 8.40. The zero-order valence-corrected chi connectivity index (χ0v) is 13.8. The highest BCUT2D eigenvalue weighted by molar-refractivity contribution is 4.75. The maximum atomic E-state index is 5.85. The summed E-state index contributed by atoms with van der Waals surface area (Å²) in [5.74, 6) is 0.592. The first-order valence-corrected chi connectivity index (χ1v) is 8.40. The third kappa shape index (κ3) is 10.2. The molecule has 0 saturated carbocycles. The Kier molecular flexibility index (Phi) is 12.1. The third-order valence-electron chi connectivity index (χ3n) is 3.65. The van der Waals surface area contributed by atoms with Crippen molar-refractivity contribution in [2.75, 3.05) is 59.3 Å². The standard InChI is InChI=1S/C16H33NO4/c1-3-4-7-18-8-9-19-10-11-20-12-13-21-16-5-6-17-14-15(16)2/h15-17H,3-14H2,1-2H3. The molecule has 0 aliphatic carbocycles. The van der Waals surface area contributed by atoms with Gasteiger partial charge in [-0.05, 0) is 25.3 Å². The number of hydrogen-bond donors (Lipinski definition) is 1. The highest BCUT2D eigenvalue weighted by Gasteiger charge is 2.20. The van der Waals surface area contributed by atoms with Crippen molar-refractivity contribution in [3.05, 3.63) is 0 Å². The molecule has 5 heteroatoms. The van der Waals surface area contributed by atoms with Gasteiger partial charge in [0.25, 0.3) is 0 Å². The predicted octanol–water partition coefficient (Wildman–Crippen LogP) is 1.85. The van der Waals surface area contributed by atoms with Crippen LogP contribution < -0.4 is 5.32 Å². The largest absolute Gasteiger partial charge is 0.379 e. The van der Waals surface area contributed by atoms with E-state index < -0.39 is 0 Å². The van der Waals surface area contributed by atoms with Crippen molar-refractivity contribution < 1.29 is 18.9 Å². The van der Waals surface area contributed by atoms with Crippen molar-refractivity contribution in [3.8, 4) is 0 Å². The summed E-state index contributed by atoms with van der Waals surface area (Å²) in [6.07, 6.45) is 3.78. The molecule has 5 nitrogen and oxygen atoms in total. The van der Waals surface area contributed by atoms with Gasteiger partial charge in [-0.1, -0.05) is 20.3 Å². The molecule has 1 fully saturated rings. The molecule has 1 rings (SSSR count). The van der Waals surface area contributed by atoms with E-state index >= 15 is 0 Å². The number of ether oxygens (including phenoxy) is 4. The summed E-state index contributed by atoms with van der Waals surface area (Å²) < 4.78 is 22.2. The van der Waals surface area contributed by atoms with Crippen LogP contribution in [0.15, 0.2) is 0 Å². The van der Waals surface area contributed by atoms with Crippen LogP contribution in [0, 0.1) is 5.92 Å². The molecule has 126 valence electrons. The lowest BCUT2D eigenvalue weighted by Crippen LogP contribution is -2.40. The maximum absolute atomic E-state index is 5.85. The van der Waals surface area contributed by atoms with E-state index in [1.165, 1.54) is 6.42 Å². The number of nitrogens with one attached hydrogen (secondary N) is 1. The van der Waals surface area contributed by atoms with E-state index in [1.54, 1.807) is 0 Å². The lowest BCUT2D eigenvalue weighted by Gasteiger charge is -2.29. The number of hydrogen-bond acceptors (Lipinski definition) is 5. The lowest BCUT2D eigenvalue weighted by atomic mass is 9.98. The molecule has 2 atom stereocenters. The zero-order chi connectivity index (χ0) is 15.2. The number of piperidine rings is 1. The molecule has 0 aromatic rings. The van der Waals surface area contributed by atoms with Gasteiger partial charge in [0, 0.05) is 13.2 Å². The first-order chi connectivity index (χ1) is 10.3. The van der Waals surface area contributed by atoms with E-state index in [0.29, 0.717) is 51.7 Å². The van der Waals surface area contributed by atoms with Gasteiger partial charge in [0.2, 0.25) is 0 Å². The van der Waals surface area contributed by atoms with Gasteiger partial charge < -0.3 is 24.3 Å². The Labute approximate surface area is 129 Å². The van der Waals surface area contributed by atoms with E-state index in [0.717, 1.165) is 32.5 Å². The Hall–Kier alpha value is -0.200. The molecule has 0 aromatic carbocycles. The Morgan fingerprint density at radius 1 is 0.905 bits per heavy atom. The van der Waals surface area contributed by atoms with E-state index in [2.05, 4.69) is 19.2 Å². The second-order valence-electron chi connectivity index (χ2n) is 5.57. The van der Waals surface area contributed by atoms with Crippen LogP contribution in [0.25, 0.3) is 0 Å². The van der Waals surface area contributed by atoms with Crippen LogP contribution in [-0.4, -0.2) is 65.4 Å². The second-order valence-corrected chi connectivity index (χ2v) is 5.57. The molecule has 0 aromatic heterocycles. The van der Waals surface area contributed by atoms with E-state index in [1.807, 2.05) is 0 Å². The van der Waals surface area contributed by atoms with Crippen molar-refractivity contribution in [3.63, 3.8) is 0 Å². The fraction of sp³-hybridized carbons (Fsp3) is 1.00. The normalized spacial score (nSPS) is 22.6. The van der Waals surface area contributed by atoms with Gasteiger partial charge in [-0.25, -0.2) is 0 Å². The van der Waals surface area contributed by atoms with Crippen LogP contribution >= 0.6 is 0 Å². The summed E-state index contributed by atoms with van der Waals surface area (Å²) >= 11 is 0. The molecule has 1 heterocycles. The zero-order valence-electron chi connectivity index (χ0n) is 13.8. The molecule has 1 saturated heterocycles. The van der Waals surface area contributed by atoms with E-state index in [9.17, 15) is 0 Å². The molecule has 1 N–H and O–H groups in total. The van der Waals surface area contributed by atoms with Gasteiger partial charge in [0.05, 0.1) is 45.7 Å². The topological polar surface area (TPSA) is 49.0 Å². The molecule has 1 aliphatic heterocycles. The van der Waals surface area contributed by atoms with Crippen LogP contribution in [0.3, 0.4) is 0 Å². The highest BCUT2D eigenvalue weighted by Crippen LogP contribution is 2.13. The van der Waals surface area contributed by atoms with Crippen LogP contribution in [0.4, 0.5) is 0 Å². The minimum atomic E-state index is 0.381. The van der Waals surface area contributed by atoms with Gasteiger partial charge in [-0.15, -0.1) is 0 Å². The minimum absolute atomic E-state index is 0.381. The molecular weight excluding hydrogens is 270 g/mol. The van der Waals surface area contributed by atoms with Crippen molar-refractivity contribution in [2.45, 2.75) is 39.2 Å². The van der Waals surface area contributed by atoms with Gasteiger partial charge in [0.15, 0.2) is 0 Å². The summed E-state index contributed by atoms with van der Waals surface area (Å²) in [7, 11) is 0. The Morgan fingerprint density at radius 2 is 1.52 bits per heavy atom. The summed E-state index contributed by atoms with van der Waals surface area (Å²) in [5.41, 5.74) is 0. The Balaban J connectivity index is 1.76. The highest BCUT2D eigenvalue weighted by atomic mass is 16.6. The van der Waals surface area contributed by atoms with Crippen LogP contribution in [0.1, 0.15) is 33.1 Å². The molecule has 0 bridgehead atoms. The van der Waals surface area contributed by atoms with Crippen molar-refractivity contribution >= 4 is 0 Å². The second kappa shape index (κ2) is 13.5. The molecule has 1 aliphatic rings. The Bertz CT molecular complexity index is 228. The summed E-state index contributed by atoms with van der Waals surface area (Å²) in [6.45, 7) is 11.2. The number of unbranched alkanes of at least 4 members (excludes halogenated alkanes) is 1. The smallest absolute Gasteiger partial charge is 0.0704 e. The average molecular weight is 303 g/mol. The lowest BCUT2D eigenvalue weighted by molar-refractivity contribution is -0.0399. The average Bonchev–Trinajstić information content (AvgIpc) is 2.50. The maximum Gasteiger partial charge on any atom is 0.0704 e. The predicted molar refractivity (Wildman–Crippen MR) is 83.8 cm³/mol.